The molecular formula is C23H21N3O5. The average molecular weight is 419 g/mol. The smallest absolute Gasteiger partial charge is 0.394 e. The molecule has 1 aliphatic heterocycles. The molecule has 0 radical (unpaired) electrons. The molecule has 31 heavy (non-hydrogen) atoms. The number of nitrogens with one attached hydrogen (secondary N) is 1. The number of carbonyl (C=O) groups is 2. The SMILES string of the molecule is CC(C)Oc1cccc(C=C2CCn3c2nc2cc(NC(=O)C(=O)O)ccc2c3=O)c1. The van der Waals surface area contributed by atoms with Crippen molar-refractivity contribution in [2.24, 2.45) is 0 Å². The minimum absolute atomic E-state index is 0.0672. The Bertz CT molecular complexity index is 1290. The van der Waals surface area contributed by atoms with Crippen LogP contribution in [0.15, 0.2) is 47.3 Å². The molecular weight excluding hydrogens is 398 g/mol. The van der Waals surface area contributed by atoms with Crippen molar-refractivity contribution in [3.05, 3.63) is 64.2 Å². The summed E-state index contributed by atoms with van der Waals surface area (Å²) in [4.78, 5) is 39.8. The summed E-state index contributed by atoms with van der Waals surface area (Å²) in [5.41, 5.74) is 2.35. The first-order chi connectivity index (χ1) is 14.8. The number of aromatic nitrogens is 2. The number of fused-ring (bicyclic) bond motifs is 2. The van der Waals surface area contributed by atoms with E-state index in [-0.39, 0.29) is 17.4 Å². The highest BCUT2D eigenvalue weighted by atomic mass is 16.5. The maximum Gasteiger partial charge on any atom is 0.394 e. The van der Waals surface area contributed by atoms with Crippen molar-refractivity contribution in [1.82, 2.24) is 9.55 Å². The van der Waals surface area contributed by atoms with Gasteiger partial charge in [-0.05, 0) is 67.8 Å². The molecule has 1 aromatic heterocycles. The number of benzene rings is 2. The first kappa shape index (κ1) is 20.3. The molecule has 0 atom stereocenters. The number of amides is 1. The molecule has 1 amide bonds. The minimum atomic E-state index is -1.59. The van der Waals surface area contributed by atoms with Crippen LogP contribution < -0.4 is 15.6 Å². The fourth-order valence-electron chi connectivity index (χ4n) is 3.57. The number of aliphatic carboxylic acids is 1. The van der Waals surface area contributed by atoms with Gasteiger partial charge in [0, 0.05) is 12.2 Å². The van der Waals surface area contributed by atoms with Crippen LogP contribution in [0, 0.1) is 0 Å². The van der Waals surface area contributed by atoms with E-state index in [4.69, 9.17) is 9.84 Å². The van der Waals surface area contributed by atoms with E-state index in [1.54, 1.807) is 10.6 Å². The van der Waals surface area contributed by atoms with Gasteiger partial charge in [0.1, 0.15) is 11.6 Å². The second-order valence-corrected chi connectivity index (χ2v) is 7.54. The van der Waals surface area contributed by atoms with E-state index >= 15 is 0 Å². The predicted molar refractivity (Wildman–Crippen MR) is 117 cm³/mol. The topological polar surface area (TPSA) is 111 Å². The number of anilines is 1. The highest BCUT2D eigenvalue weighted by molar-refractivity contribution is 6.36. The van der Waals surface area contributed by atoms with Crippen LogP contribution in [-0.4, -0.2) is 32.6 Å². The maximum atomic E-state index is 12.9. The third-order valence-corrected chi connectivity index (χ3v) is 4.87. The molecule has 2 aromatic carbocycles. The highest BCUT2D eigenvalue weighted by Crippen LogP contribution is 2.29. The fraction of sp³-hybridized carbons (Fsp3) is 0.217. The molecule has 8 nitrogen and oxygen atoms in total. The molecule has 0 aliphatic carbocycles. The van der Waals surface area contributed by atoms with Gasteiger partial charge in [-0.3, -0.25) is 14.2 Å². The molecule has 0 unspecified atom stereocenters. The van der Waals surface area contributed by atoms with Gasteiger partial charge in [0.2, 0.25) is 0 Å². The molecule has 0 fully saturated rings. The summed E-state index contributed by atoms with van der Waals surface area (Å²) in [6.45, 7) is 4.46. The van der Waals surface area contributed by atoms with Gasteiger partial charge in [-0.2, -0.15) is 0 Å². The summed E-state index contributed by atoms with van der Waals surface area (Å²) in [6, 6.07) is 12.3. The van der Waals surface area contributed by atoms with Crippen molar-refractivity contribution in [2.45, 2.75) is 32.9 Å². The third-order valence-electron chi connectivity index (χ3n) is 4.87. The van der Waals surface area contributed by atoms with Crippen molar-refractivity contribution in [1.29, 1.82) is 0 Å². The van der Waals surface area contributed by atoms with Crippen molar-refractivity contribution in [3.8, 4) is 5.75 Å². The van der Waals surface area contributed by atoms with Gasteiger partial charge in [-0.15, -0.1) is 0 Å². The van der Waals surface area contributed by atoms with Crippen LogP contribution in [0.1, 0.15) is 31.7 Å². The third kappa shape index (κ3) is 4.18. The van der Waals surface area contributed by atoms with Gasteiger partial charge in [0.15, 0.2) is 0 Å². The van der Waals surface area contributed by atoms with Gasteiger partial charge in [0.05, 0.1) is 17.0 Å². The van der Waals surface area contributed by atoms with E-state index in [9.17, 15) is 14.4 Å². The number of allylic oxidation sites excluding steroid dienone is 1. The Hall–Kier alpha value is -3.94. The van der Waals surface area contributed by atoms with Gasteiger partial charge >= 0.3 is 11.9 Å². The van der Waals surface area contributed by atoms with Crippen molar-refractivity contribution >= 4 is 40.1 Å². The Morgan fingerprint density at radius 1 is 1.23 bits per heavy atom. The second-order valence-electron chi connectivity index (χ2n) is 7.54. The van der Waals surface area contributed by atoms with Gasteiger partial charge in [-0.1, -0.05) is 12.1 Å². The number of carboxylic acids is 1. The van der Waals surface area contributed by atoms with Crippen molar-refractivity contribution < 1.29 is 19.4 Å². The maximum absolute atomic E-state index is 12.9. The Morgan fingerprint density at radius 3 is 2.77 bits per heavy atom. The normalized spacial score (nSPS) is 14.1. The quantitative estimate of drug-likeness (QED) is 0.629. The Balaban J connectivity index is 1.74. The number of ether oxygens (including phenoxy) is 1. The Labute approximate surface area is 177 Å². The summed E-state index contributed by atoms with van der Waals surface area (Å²) in [5, 5.41) is 11.5. The lowest BCUT2D eigenvalue weighted by molar-refractivity contribution is -0.147. The van der Waals surface area contributed by atoms with E-state index in [2.05, 4.69) is 10.3 Å². The first-order valence-corrected chi connectivity index (χ1v) is 9.88. The van der Waals surface area contributed by atoms with Crippen LogP contribution in [0.25, 0.3) is 22.6 Å². The summed E-state index contributed by atoms with van der Waals surface area (Å²) >= 11 is 0. The Kier molecular flexibility index (Phi) is 5.29. The van der Waals surface area contributed by atoms with Crippen molar-refractivity contribution in [2.75, 3.05) is 5.32 Å². The average Bonchev–Trinajstić information content (AvgIpc) is 3.10. The second kappa shape index (κ2) is 8.06. The Morgan fingerprint density at radius 2 is 2.03 bits per heavy atom. The monoisotopic (exact) mass is 419 g/mol. The van der Waals surface area contributed by atoms with E-state index in [1.807, 2.05) is 44.2 Å². The number of rotatable bonds is 4. The molecule has 0 spiro atoms. The van der Waals surface area contributed by atoms with Gasteiger partial charge < -0.3 is 15.2 Å². The molecule has 0 saturated heterocycles. The zero-order valence-corrected chi connectivity index (χ0v) is 17.1. The molecule has 0 bridgehead atoms. The lowest BCUT2D eigenvalue weighted by Gasteiger charge is -2.10. The number of hydrogen-bond donors (Lipinski definition) is 2. The zero-order valence-electron chi connectivity index (χ0n) is 17.1. The van der Waals surface area contributed by atoms with Crippen LogP contribution in [0.3, 0.4) is 0 Å². The molecule has 4 rings (SSSR count). The molecule has 1 aliphatic rings. The van der Waals surface area contributed by atoms with E-state index in [0.29, 0.717) is 29.7 Å². The first-order valence-electron chi connectivity index (χ1n) is 9.88. The predicted octanol–water partition coefficient (Wildman–Crippen LogP) is 3.15. The van der Waals surface area contributed by atoms with Crippen molar-refractivity contribution in [3.63, 3.8) is 0 Å². The van der Waals surface area contributed by atoms with Crippen LogP contribution in [-0.2, 0) is 16.1 Å². The molecule has 2 N–H and O–H groups in total. The van der Waals surface area contributed by atoms with E-state index in [0.717, 1.165) is 16.9 Å². The number of carboxylic acid groups (broad SMARTS) is 1. The zero-order chi connectivity index (χ0) is 22.1. The summed E-state index contributed by atoms with van der Waals surface area (Å²) in [7, 11) is 0. The molecule has 158 valence electrons. The standard InChI is InChI=1S/C23H21N3O5/c1-13(2)31-17-5-3-4-14(11-17)10-15-8-9-26-20(15)25-19-12-16(24-21(27)23(29)30)6-7-18(19)22(26)28/h3-7,10-13H,8-9H2,1-2H3,(H,24,27)(H,29,30). The molecule has 3 aromatic rings. The lowest BCUT2D eigenvalue weighted by atomic mass is 10.1. The van der Waals surface area contributed by atoms with Crippen LogP contribution >= 0.6 is 0 Å². The number of carbonyl (C=O) groups excluding carboxylic acids is 1. The largest absolute Gasteiger partial charge is 0.491 e. The van der Waals surface area contributed by atoms with Gasteiger partial charge in [0.25, 0.3) is 5.56 Å². The van der Waals surface area contributed by atoms with Gasteiger partial charge in [-0.25, -0.2) is 9.78 Å². The highest BCUT2D eigenvalue weighted by Gasteiger charge is 2.21. The number of hydrogen-bond acceptors (Lipinski definition) is 5. The van der Waals surface area contributed by atoms with Crippen LogP contribution in [0.2, 0.25) is 0 Å². The van der Waals surface area contributed by atoms with Crippen LogP contribution in [0.5, 0.6) is 5.75 Å². The number of nitrogens with zero attached hydrogens (tertiary/aromatic N) is 2. The van der Waals surface area contributed by atoms with Crippen LogP contribution in [0.4, 0.5) is 5.69 Å². The summed E-state index contributed by atoms with van der Waals surface area (Å²) in [5.74, 6) is -1.41. The molecule has 0 saturated carbocycles. The van der Waals surface area contributed by atoms with E-state index < -0.39 is 11.9 Å². The summed E-state index contributed by atoms with van der Waals surface area (Å²) in [6.07, 6.45) is 2.72. The molecule has 8 heteroatoms. The van der Waals surface area contributed by atoms with E-state index in [1.165, 1.54) is 12.1 Å². The molecule has 2 heterocycles. The minimum Gasteiger partial charge on any atom is -0.491 e. The fourth-order valence-corrected chi connectivity index (χ4v) is 3.57. The summed E-state index contributed by atoms with van der Waals surface area (Å²) < 4.78 is 7.39. The lowest BCUT2D eigenvalue weighted by Crippen LogP contribution is -2.23.